The number of pyridine rings is 1. The molecule has 1 saturated heterocycles. The molecule has 0 unspecified atom stereocenters. The highest BCUT2D eigenvalue weighted by molar-refractivity contribution is 7.26. The molecule has 0 saturated carbocycles. The molecule has 6 rings (SSSR count). The molecule has 0 spiro atoms. The third-order valence-electron chi connectivity index (χ3n) is 6.17. The first kappa shape index (κ1) is 18.4. The van der Waals surface area contributed by atoms with Gasteiger partial charge in [-0.3, -0.25) is 9.20 Å². The van der Waals surface area contributed by atoms with E-state index >= 15 is 0 Å². The van der Waals surface area contributed by atoms with E-state index < -0.39 is 0 Å². The number of thiophene rings is 1. The molecule has 0 atom stereocenters. The van der Waals surface area contributed by atoms with E-state index in [4.69, 9.17) is 10.7 Å². The molecule has 2 N–H and O–H groups in total. The lowest BCUT2D eigenvalue weighted by molar-refractivity contribution is 0.573. The Morgan fingerprint density at radius 1 is 0.903 bits per heavy atom. The van der Waals surface area contributed by atoms with Crippen LogP contribution in [0.5, 0.6) is 0 Å². The second kappa shape index (κ2) is 7.10. The van der Waals surface area contributed by atoms with Gasteiger partial charge < -0.3 is 10.6 Å². The third kappa shape index (κ3) is 2.98. The lowest BCUT2D eigenvalue weighted by Crippen LogP contribution is -2.31. The maximum atomic E-state index is 13.0. The van der Waals surface area contributed by atoms with Gasteiger partial charge >= 0.3 is 0 Å². The minimum absolute atomic E-state index is 0.0382. The molecule has 0 aliphatic carbocycles. The van der Waals surface area contributed by atoms with Crippen LogP contribution >= 0.6 is 11.3 Å². The molecule has 1 aliphatic rings. The van der Waals surface area contributed by atoms with Crippen molar-refractivity contribution in [1.82, 2.24) is 9.38 Å². The Kier molecular flexibility index (Phi) is 4.21. The SMILES string of the molecule is Nc1ccc2sc3c(-c4cccn5c(=O)cc(N6CCCCC6)nc45)cccc3c2c1. The van der Waals surface area contributed by atoms with Crippen LogP contribution < -0.4 is 16.2 Å². The van der Waals surface area contributed by atoms with Gasteiger partial charge in [-0.2, -0.15) is 0 Å². The second-order valence-electron chi connectivity index (χ2n) is 8.16. The zero-order valence-corrected chi connectivity index (χ0v) is 17.9. The van der Waals surface area contributed by atoms with Gasteiger partial charge in [0.1, 0.15) is 11.5 Å². The minimum atomic E-state index is -0.0382. The zero-order valence-electron chi connectivity index (χ0n) is 17.0. The number of rotatable bonds is 2. The molecule has 0 bridgehead atoms. The molecule has 6 heteroatoms. The molecule has 0 radical (unpaired) electrons. The molecular weight excluding hydrogens is 404 g/mol. The summed E-state index contributed by atoms with van der Waals surface area (Å²) < 4.78 is 4.05. The van der Waals surface area contributed by atoms with Crippen LogP contribution in [0.25, 0.3) is 36.9 Å². The molecule has 4 heterocycles. The van der Waals surface area contributed by atoms with E-state index in [0.29, 0.717) is 5.65 Å². The largest absolute Gasteiger partial charge is 0.399 e. The Morgan fingerprint density at radius 2 is 1.74 bits per heavy atom. The number of benzene rings is 2. The number of fused-ring (bicyclic) bond motifs is 4. The minimum Gasteiger partial charge on any atom is -0.399 e. The molecule has 1 fully saturated rings. The van der Waals surface area contributed by atoms with Crippen molar-refractivity contribution in [3.05, 3.63) is 71.1 Å². The fourth-order valence-corrected chi connectivity index (χ4v) is 5.85. The van der Waals surface area contributed by atoms with Crippen molar-refractivity contribution >= 4 is 48.7 Å². The predicted octanol–water partition coefficient (Wildman–Crippen LogP) is 5.30. The van der Waals surface area contributed by atoms with E-state index in [1.165, 1.54) is 26.6 Å². The number of piperidine rings is 1. The summed E-state index contributed by atoms with van der Waals surface area (Å²) in [6.07, 6.45) is 5.34. The maximum Gasteiger partial charge on any atom is 0.259 e. The highest BCUT2D eigenvalue weighted by Crippen LogP contribution is 2.41. The summed E-state index contributed by atoms with van der Waals surface area (Å²) in [6, 6.07) is 18.1. The first-order valence-corrected chi connectivity index (χ1v) is 11.5. The highest BCUT2D eigenvalue weighted by Gasteiger charge is 2.17. The number of hydrogen-bond acceptors (Lipinski definition) is 5. The number of anilines is 2. The molecule has 0 amide bonds. The van der Waals surface area contributed by atoms with Gasteiger partial charge in [0.15, 0.2) is 0 Å². The van der Waals surface area contributed by atoms with E-state index in [2.05, 4.69) is 35.2 Å². The molecular formula is C25H22N4OS. The molecule has 3 aromatic heterocycles. The van der Waals surface area contributed by atoms with E-state index in [1.54, 1.807) is 28.0 Å². The maximum absolute atomic E-state index is 13.0. The van der Waals surface area contributed by atoms with Gasteiger partial charge in [0.05, 0.1) is 0 Å². The summed E-state index contributed by atoms with van der Waals surface area (Å²) in [7, 11) is 0. The number of nitrogens with two attached hydrogens (primary N) is 1. The smallest absolute Gasteiger partial charge is 0.259 e. The Hall–Kier alpha value is -3.38. The molecule has 1 aliphatic heterocycles. The van der Waals surface area contributed by atoms with Crippen LogP contribution in [-0.2, 0) is 0 Å². The number of hydrogen-bond donors (Lipinski definition) is 1. The summed E-state index contributed by atoms with van der Waals surface area (Å²) in [5.74, 6) is 0.786. The van der Waals surface area contributed by atoms with E-state index in [-0.39, 0.29) is 5.56 Å². The average molecular weight is 427 g/mol. The van der Waals surface area contributed by atoms with Crippen LogP contribution in [0.1, 0.15) is 19.3 Å². The molecule has 31 heavy (non-hydrogen) atoms. The first-order chi connectivity index (χ1) is 15.2. The van der Waals surface area contributed by atoms with Crippen LogP contribution in [0.3, 0.4) is 0 Å². The molecule has 154 valence electrons. The predicted molar refractivity (Wildman–Crippen MR) is 130 cm³/mol. The van der Waals surface area contributed by atoms with Gasteiger partial charge in [-0.15, -0.1) is 11.3 Å². The Bertz CT molecular complexity index is 1510. The van der Waals surface area contributed by atoms with Gasteiger partial charge in [-0.1, -0.05) is 18.2 Å². The quantitative estimate of drug-likeness (QED) is 0.389. The van der Waals surface area contributed by atoms with Crippen molar-refractivity contribution in [3.8, 4) is 11.1 Å². The highest BCUT2D eigenvalue weighted by atomic mass is 32.1. The van der Waals surface area contributed by atoms with Crippen molar-refractivity contribution in [1.29, 1.82) is 0 Å². The van der Waals surface area contributed by atoms with Crippen LogP contribution in [0.4, 0.5) is 11.5 Å². The van der Waals surface area contributed by atoms with Crippen molar-refractivity contribution in [2.75, 3.05) is 23.7 Å². The summed E-state index contributed by atoms with van der Waals surface area (Å²) in [6.45, 7) is 1.91. The van der Waals surface area contributed by atoms with Gasteiger partial charge in [0, 0.05) is 62.3 Å². The monoisotopic (exact) mass is 426 g/mol. The van der Waals surface area contributed by atoms with Gasteiger partial charge in [-0.05, 0) is 49.6 Å². The number of nitrogen functional groups attached to an aromatic ring is 1. The number of nitrogens with zero attached hydrogens (tertiary/aromatic N) is 3. The van der Waals surface area contributed by atoms with Crippen LogP contribution in [0.2, 0.25) is 0 Å². The van der Waals surface area contributed by atoms with Crippen molar-refractivity contribution in [3.63, 3.8) is 0 Å². The van der Waals surface area contributed by atoms with E-state index in [0.717, 1.165) is 48.6 Å². The Balaban J connectivity index is 1.62. The lowest BCUT2D eigenvalue weighted by atomic mass is 10.0. The second-order valence-corrected chi connectivity index (χ2v) is 9.21. The molecule has 5 nitrogen and oxygen atoms in total. The average Bonchev–Trinajstić information content (AvgIpc) is 3.17. The fourth-order valence-electron chi connectivity index (χ4n) is 4.64. The normalized spacial score (nSPS) is 14.6. The van der Waals surface area contributed by atoms with Gasteiger partial charge in [0.2, 0.25) is 0 Å². The van der Waals surface area contributed by atoms with E-state index in [9.17, 15) is 4.79 Å². The van der Waals surface area contributed by atoms with Gasteiger partial charge in [-0.25, -0.2) is 4.98 Å². The summed E-state index contributed by atoms with van der Waals surface area (Å²) >= 11 is 1.76. The summed E-state index contributed by atoms with van der Waals surface area (Å²) in [4.78, 5) is 20.2. The molecule has 5 aromatic rings. The summed E-state index contributed by atoms with van der Waals surface area (Å²) in [5, 5.41) is 2.35. The zero-order chi connectivity index (χ0) is 20.9. The van der Waals surface area contributed by atoms with Crippen molar-refractivity contribution in [2.24, 2.45) is 0 Å². The van der Waals surface area contributed by atoms with Crippen LogP contribution in [0, 0.1) is 0 Å². The fraction of sp³-hybridized carbons (Fsp3) is 0.200. The first-order valence-electron chi connectivity index (χ1n) is 10.7. The third-order valence-corrected chi connectivity index (χ3v) is 7.39. The van der Waals surface area contributed by atoms with Crippen molar-refractivity contribution < 1.29 is 0 Å². The van der Waals surface area contributed by atoms with Crippen molar-refractivity contribution in [2.45, 2.75) is 19.3 Å². The Labute approximate surface area is 183 Å². The summed E-state index contributed by atoms with van der Waals surface area (Å²) in [5.41, 5.74) is 9.56. The lowest BCUT2D eigenvalue weighted by Gasteiger charge is -2.27. The molecule has 2 aromatic carbocycles. The van der Waals surface area contributed by atoms with E-state index in [1.807, 2.05) is 18.2 Å². The van der Waals surface area contributed by atoms with Crippen LogP contribution in [-0.4, -0.2) is 22.5 Å². The topological polar surface area (TPSA) is 63.6 Å². The van der Waals surface area contributed by atoms with Crippen LogP contribution in [0.15, 0.2) is 65.6 Å². The standard InChI is InChI=1S/C25H22N4OS/c26-16-9-10-21-20(14-16)18-7-4-6-17(24(18)31-21)19-8-5-13-29-23(30)15-22(27-25(19)29)28-11-2-1-3-12-28/h4-10,13-15H,1-3,11-12,26H2. The number of aromatic nitrogens is 2. The van der Waals surface area contributed by atoms with Gasteiger partial charge in [0.25, 0.3) is 5.56 Å². The Morgan fingerprint density at radius 3 is 2.61 bits per heavy atom.